The second-order valence-corrected chi connectivity index (χ2v) is 2.18. The molecule has 14 heavy (non-hydrogen) atoms. The summed E-state index contributed by atoms with van der Waals surface area (Å²) in [5.74, 6) is -1.16. The van der Waals surface area contributed by atoms with Crippen LogP contribution in [0.1, 0.15) is 20.3 Å². The van der Waals surface area contributed by atoms with E-state index in [1.807, 2.05) is 13.0 Å². The van der Waals surface area contributed by atoms with Crippen molar-refractivity contribution in [1.82, 2.24) is 0 Å². The summed E-state index contributed by atoms with van der Waals surface area (Å²) in [6, 6.07) is 0. The second-order valence-electron chi connectivity index (χ2n) is 2.18. The lowest BCUT2D eigenvalue weighted by Crippen LogP contribution is -1.96. The molecule has 0 saturated carbocycles. The van der Waals surface area contributed by atoms with Crippen LogP contribution in [0, 0.1) is 0 Å². The summed E-state index contributed by atoms with van der Waals surface area (Å²) in [6.07, 6.45) is 6.88. The number of hydrogen-bond donors (Lipinski definition) is 0. The van der Waals surface area contributed by atoms with Crippen molar-refractivity contribution in [1.29, 1.82) is 0 Å². The standard InChI is InChI=1S/C4H2O3.C4H8.C3H6/c5-3-1-2-4(6)7-3;1-3-4-2;1-3-2/h1-2H;3H,1,4H2,2H3;3H,1H2,2H3. The fraction of sp³-hybridized carbons (Fsp3) is 0.273. The van der Waals surface area contributed by atoms with Crippen LogP contribution in [0.25, 0.3) is 0 Å². The molecule has 3 heteroatoms. The highest BCUT2D eigenvalue weighted by atomic mass is 16.6. The molecule has 1 rings (SSSR count). The van der Waals surface area contributed by atoms with E-state index in [1.165, 1.54) is 0 Å². The van der Waals surface area contributed by atoms with Crippen molar-refractivity contribution in [3.8, 4) is 0 Å². The molecular formula is C11H16O3. The van der Waals surface area contributed by atoms with Crippen molar-refractivity contribution >= 4 is 11.9 Å². The lowest BCUT2D eigenvalue weighted by molar-refractivity contribution is -0.150. The number of rotatable bonds is 1. The molecule has 1 heterocycles. The monoisotopic (exact) mass is 196 g/mol. The highest BCUT2D eigenvalue weighted by molar-refractivity contribution is 6.04. The second kappa shape index (κ2) is 11.4. The van der Waals surface area contributed by atoms with Crippen molar-refractivity contribution < 1.29 is 14.3 Å². The molecule has 0 bridgehead atoms. The Morgan fingerprint density at radius 3 is 1.64 bits per heavy atom. The lowest BCUT2D eigenvalue weighted by atomic mass is 10.5. The van der Waals surface area contributed by atoms with Crippen LogP contribution in [0.5, 0.6) is 0 Å². The van der Waals surface area contributed by atoms with Gasteiger partial charge in [0.1, 0.15) is 0 Å². The Kier molecular flexibility index (Phi) is 12.1. The van der Waals surface area contributed by atoms with Gasteiger partial charge in [0.2, 0.25) is 0 Å². The molecule has 78 valence electrons. The van der Waals surface area contributed by atoms with Gasteiger partial charge in [-0.2, -0.15) is 0 Å². The van der Waals surface area contributed by atoms with E-state index in [1.54, 1.807) is 6.08 Å². The normalized spacial score (nSPS) is 11.6. The first-order valence-corrected chi connectivity index (χ1v) is 4.24. The highest BCUT2D eigenvalue weighted by Crippen LogP contribution is 1.92. The van der Waals surface area contributed by atoms with E-state index in [-0.39, 0.29) is 0 Å². The van der Waals surface area contributed by atoms with Crippen LogP contribution < -0.4 is 0 Å². The van der Waals surface area contributed by atoms with E-state index >= 15 is 0 Å². The average molecular weight is 196 g/mol. The van der Waals surface area contributed by atoms with Gasteiger partial charge in [-0.3, -0.25) is 0 Å². The molecule has 0 radical (unpaired) electrons. The van der Waals surface area contributed by atoms with Crippen LogP contribution in [0.3, 0.4) is 0 Å². The van der Waals surface area contributed by atoms with Crippen LogP contribution in [-0.2, 0) is 14.3 Å². The molecule has 0 unspecified atom stereocenters. The van der Waals surface area contributed by atoms with Gasteiger partial charge in [-0.05, 0) is 13.3 Å². The number of allylic oxidation sites excluding steroid dienone is 2. The maximum atomic E-state index is 9.92. The third-order valence-electron chi connectivity index (χ3n) is 0.845. The van der Waals surface area contributed by atoms with Crippen LogP contribution in [0.4, 0.5) is 0 Å². The molecule has 0 spiro atoms. The zero-order chi connectivity index (χ0) is 11.4. The maximum Gasteiger partial charge on any atom is 0.338 e. The van der Waals surface area contributed by atoms with Gasteiger partial charge in [-0.15, -0.1) is 13.2 Å². The van der Waals surface area contributed by atoms with Crippen molar-refractivity contribution in [3.05, 3.63) is 37.5 Å². The molecule has 0 N–H and O–H groups in total. The number of carbonyl (C=O) groups excluding carboxylic acids is 2. The quantitative estimate of drug-likeness (QED) is 0.367. The number of ether oxygens (including phenoxy) is 1. The van der Waals surface area contributed by atoms with E-state index < -0.39 is 11.9 Å². The number of esters is 2. The van der Waals surface area contributed by atoms with E-state index in [4.69, 9.17) is 0 Å². The Labute approximate surface area is 84.8 Å². The topological polar surface area (TPSA) is 43.4 Å². The SMILES string of the molecule is C=CC.C=CCC.O=C1C=CC(=O)O1. The van der Waals surface area contributed by atoms with Crippen LogP contribution in [0.2, 0.25) is 0 Å². The molecular weight excluding hydrogens is 180 g/mol. The molecule has 0 aliphatic carbocycles. The summed E-state index contributed by atoms with van der Waals surface area (Å²) in [5, 5.41) is 0. The first-order valence-electron chi connectivity index (χ1n) is 4.24. The van der Waals surface area contributed by atoms with Crippen molar-refractivity contribution in [2.45, 2.75) is 20.3 Å². The molecule has 0 fully saturated rings. The Morgan fingerprint density at radius 1 is 1.29 bits per heavy atom. The molecule has 0 aromatic rings. The fourth-order valence-electron chi connectivity index (χ4n) is 0.303. The Hall–Kier alpha value is -1.64. The van der Waals surface area contributed by atoms with Crippen molar-refractivity contribution in [2.24, 2.45) is 0 Å². The van der Waals surface area contributed by atoms with Gasteiger partial charge in [-0.1, -0.05) is 19.1 Å². The minimum atomic E-state index is -0.579. The number of cyclic esters (lactones) is 2. The van der Waals surface area contributed by atoms with Crippen molar-refractivity contribution in [3.63, 3.8) is 0 Å². The first kappa shape index (κ1) is 14.9. The predicted molar refractivity (Wildman–Crippen MR) is 56.6 cm³/mol. The molecule has 1 aliphatic rings. The van der Waals surface area contributed by atoms with E-state index in [2.05, 4.69) is 24.8 Å². The van der Waals surface area contributed by atoms with Gasteiger partial charge >= 0.3 is 11.9 Å². The zero-order valence-corrected chi connectivity index (χ0v) is 8.66. The van der Waals surface area contributed by atoms with Gasteiger partial charge in [0.25, 0.3) is 0 Å². The van der Waals surface area contributed by atoms with Gasteiger partial charge in [0.15, 0.2) is 0 Å². The van der Waals surface area contributed by atoms with E-state index in [0.29, 0.717) is 0 Å². The Morgan fingerprint density at radius 2 is 1.57 bits per heavy atom. The number of carbonyl (C=O) groups is 2. The van der Waals surface area contributed by atoms with Gasteiger partial charge in [0, 0.05) is 12.2 Å². The molecule has 1 aliphatic heterocycles. The minimum absolute atomic E-state index is 0.579. The van der Waals surface area contributed by atoms with Crippen LogP contribution >= 0.6 is 0 Å². The van der Waals surface area contributed by atoms with E-state index in [9.17, 15) is 9.59 Å². The summed E-state index contributed by atoms with van der Waals surface area (Å²) in [5.41, 5.74) is 0. The summed E-state index contributed by atoms with van der Waals surface area (Å²) >= 11 is 0. The largest absolute Gasteiger partial charge is 0.387 e. The summed E-state index contributed by atoms with van der Waals surface area (Å²) in [7, 11) is 0. The predicted octanol–water partition coefficient (Wildman–Crippen LogP) is 2.40. The van der Waals surface area contributed by atoms with Crippen LogP contribution in [-0.4, -0.2) is 11.9 Å². The van der Waals surface area contributed by atoms with Crippen LogP contribution in [0.15, 0.2) is 37.5 Å². The molecule has 0 aromatic carbocycles. The Bertz CT molecular complexity index is 211. The van der Waals surface area contributed by atoms with E-state index in [0.717, 1.165) is 18.6 Å². The highest BCUT2D eigenvalue weighted by Gasteiger charge is 2.10. The van der Waals surface area contributed by atoms with Crippen molar-refractivity contribution in [2.75, 3.05) is 0 Å². The number of hydrogen-bond acceptors (Lipinski definition) is 3. The first-order chi connectivity index (χ1) is 6.62. The summed E-state index contributed by atoms with van der Waals surface area (Å²) in [6.45, 7) is 10.8. The fourth-order valence-corrected chi connectivity index (χ4v) is 0.303. The minimum Gasteiger partial charge on any atom is -0.387 e. The third-order valence-corrected chi connectivity index (χ3v) is 0.845. The average Bonchev–Trinajstić information content (AvgIpc) is 2.52. The Balaban J connectivity index is 0. The molecule has 0 saturated heterocycles. The maximum absolute atomic E-state index is 9.92. The smallest absolute Gasteiger partial charge is 0.338 e. The summed E-state index contributed by atoms with van der Waals surface area (Å²) in [4.78, 5) is 19.8. The molecule has 0 aromatic heterocycles. The molecule has 0 atom stereocenters. The molecule has 0 amide bonds. The lowest BCUT2D eigenvalue weighted by Gasteiger charge is -1.80. The summed E-state index contributed by atoms with van der Waals surface area (Å²) < 4.78 is 3.97. The van der Waals surface area contributed by atoms with Gasteiger partial charge < -0.3 is 4.74 Å². The zero-order valence-electron chi connectivity index (χ0n) is 8.66. The van der Waals surface area contributed by atoms with Gasteiger partial charge in [-0.25, -0.2) is 9.59 Å². The molecule has 3 nitrogen and oxygen atoms in total. The third kappa shape index (κ3) is 13.0. The van der Waals surface area contributed by atoms with Gasteiger partial charge in [0.05, 0.1) is 0 Å².